The third-order valence-electron chi connectivity index (χ3n) is 6.73. The summed E-state index contributed by atoms with van der Waals surface area (Å²) < 4.78 is 17.5. The summed E-state index contributed by atoms with van der Waals surface area (Å²) in [5.74, 6) is 0.558. The van der Waals surface area contributed by atoms with E-state index in [0.29, 0.717) is 40.9 Å². The van der Waals surface area contributed by atoms with E-state index in [9.17, 15) is 15.0 Å². The van der Waals surface area contributed by atoms with Crippen molar-refractivity contribution in [3.8, 4) is 11.5 Å². The van der Waals surface area contributed by atoms with Gasteiger partial charge in [0.1, 0.15) is 12.8 Å². The number of rotatable bonds is 14. The highest BCUT2D eigenvalue weighted by Crippen LogP contribution is 2.35. The number of aliphatic carboxylic acids is 1. The average Bonchev–Trinajstić information content (AvgIpc) is 3.05. The maximum Gasteiger partial charge on any atom is 0.303 e. The summed E-state index contributed by atoms with van der Waals surface area (Å²) in [6.45, 7) is 4.66. The summed E-state index contributed by atoms with van der Waals surface area (Å²) in [4.78, 5) is 18.0. The minimum absolute atomic E-state index is 0.0242. The molecule has 0 saturated carbocycles. The number of hydrogen-bond donors (Lipinski definition) is 3. The molecule has 9 nitrogen and oxygen atoms in total. The van der Waals surface area contributed by atoms with Gasteiger partial charge in [0.25, 0.3) is 0 Å². The van der Waals surface area contributed by atoms with Crippen LogP contribution in [0.1, 0.15) is 45.1 Å². The van der Waals surface area contributed by atoms with Crippen molar-refractivity contribution in [3.63, 3.8) is 0 Å². The fourth-order valence-corrected chi connectivity index (χ4v) is 5.22. The normalized spacial score (nSPS) is 19.2. The smallest absolute Gasteiger partial charge is 0.303 e. The number of methoxy groups -OCH3 is 1. The monoisotopic (exact) mass is 606 g/mol. The van der Waals surface area contributed by atoms with Gasteiger partial charge in [0.2, 0.25) is 0 Å². The molecule has 11 heteroatoms. The molecule has 0 spiro atoms. The van der Waals surface area contributed by atoms with Crippen LogP contribution in [0.4, 0.5) is 5.69 Å². The zero-order valence-electron chi connectivity index (χ0n) is 23.6. The number of nitrogens with zero attached hydrogens (tertiary/aromatic N) is 2. The van der Waals surface area contributed by atoms with Crippen LogP contribution in [0.2, 0.25) is 5.02 Å². The van der Waals surface area contributed by atoms with Crippen LogP contribution in [-0.2, 0) is 9.53 Å². The van der Waals surface area contributed by atoms with Gasteiger partial charge < -0.3 is 34.4 Å². The summed E-state index contributed by atoms with van der Waals surface area (Å²) in [5, 5.41) is 30.8. The zero-order valence-corrected chi connectivity index (χ0v) is 25.2. The van der Waals surface area contributed by atoms with E-state index >= 15 is 0 Å². The van der Waals surface area contributed by atoms with E-state index in [1.807, 2.05) is 50.3 Å². The molecule has 0 saturated heterocycles. The molecule has 0 amide bonds. The molecule has 1 heterocycles. The number of ether oxygens (including phenoxy) is 3. The second-order valence-electron chi connectivity index (χ2n) is 9.70. The van der Waals surface area contributed by atoms with Crippen molar-refractivity contribution in [3.05, 3.63) is 59.1 Å². The Morgan fingerprint density at radius 1 is 1.22 bits per heavy atom. The summed E-state index contributed by atoms with van der Waals surface area (Å²) in [7, 11) is 1.54. The standard InChI is InChI=1S/C30H39ClN2O7S/c1-4-20(2)26(40-30(37)7-5-6-29(35)36)17-39-24-13-12-23(16-25(24)38-3)33-19-32-15-14-27(41-18-28(33)34)21-8-10-22(31)11-9-21/h8-14,16,19-20,26,28,30,34,37H,4-7,15,17-18H2,1-3H3,(H,35,36)/b27-14-,32-19?/t20?,26-,28?,30?/m0/s1. The highest BCUT2D eigenvalue weighted by molar-refractivity contribution is 8.08. The average molecular weight is 607 g/mol. The molecule has 4 atom stereocenters. The van der Waals surface area contributed by atoms with E-state index in [4.69, 9.17) is 30.9 Å². The number of aliphatic imine (C=N–C) groups is 1. The number of halogens is 1. The van der Waals surface area contributed by atoms with Gasteiger partial charge in [-0.3, -0.25) is 9.79 Å². The summed E-state index contributed by atoms with van der Waals surface area (Å²) in [6, 6.07) is 13.0. The molecule has 0 aromatic heterocycles. The van der Waals surface area contributed by atoms with Gasteiger partial charge in [-0.25, -0.2) is 0 Å². The molecule has 3 unspecified atom stereocenters. The molecule has 3 rings (SSSR count). The van der Waals surface area contributed by atoms with Crippen molar-refractivity contribution in [2.45, 2.75) is 58.2 Å². The summed E-state index contributed by atoms with van der Waals surface area (Å²) in [6.07, 6.45) is 2.65. The first-order valence-corrected chi connectivity index (χ1v) is 15.0. The molecular weight excluding hydrogens is 568 g/mol. The van der Waals surface area contributed by atoms with Crippen LogP contribution in [0.25, 0.3) is 4.91 Å². The maximum absolute atomic E-state index is 11.1. The number of carbonyl (C=O) groups is 1. The van der Waals surface area contributed by atoms with E-state index in [1.165, 1.54) is 0 Å². The Bertz CT molecular complexity index is 1180. The van der Waals surface area contributed by atoms with Crippen molar-refractivity contribution in [2.75, 3.05) is 30.9 Å². The zero-order chi connectivity index (χ0) is 29.8. The first kappa shape index (κ1) is 32.8. The lowest BCUT2D eigenvalue weighted by atomic mass is 10.0. The Hall–Kier alpha value is -2.76. The third kappa shape index (κ3) is 10.2. The molecule has 2 aromatic rings. The fraction of sp³-hybridized carbons (Fsp3) is 0.467. The van der Waals surface area contributed by atoms with Crippen molar-refractivity contribution in [2.24, 2.45) is 10.9 Å². The van der Waals surface area contributed by atoms with Gasteiger partial charge >= 0.3 is 5.97 Å². The van der Waals surface area contributed by atoms with Gasteiger partial charge in [-0.15, -0.1) is 11.8 Å². The molecular formula is C30H39ClN2O7S. The number of aliphatic hydroxyl groups excluding tert-OH is 2. The van der Waals surface area contributed by atoms with E-state index in [0.717, 1.165) is 16.9 Å². The van der Waals surface area contributed by atoms with E-state index in [1.54, 1.807) is 42.2 Å². The predicted molar refractivity (Wildman–Crippen MR) is 164 cm³/mol. The minimum Gasteiger partial charge on any atom is -0.493 e. The third-order valence-corrected chi connectivity index (χ3v) is 8.16. The lowest BCUT2D eigenvalue weighted by molar-refractivity contribution is -0.162. The van der Waals surface area contributed by atoms with E-state index < -0.39 is 24.6 Å². The lowest BCUT2D eigenvalue weighted by Gasteiger charge is -2.28. The first-order valence-electron chi connectivity index (χ1n) is 13.6. The molecule has 1 aliphatic rings. The van der Waals surface area contributed by atoms with E-state index in [-0.39, 0.29) is 25.4 Å². The highest BCUT2D eigenvalue weighted by atomic mass is 35.5. The van der Waals surface area contributed by atoms with Gasteiger partial charge in [0.15, 0.2) is 17.8 Å². The molecule has 3 N–H and O–H groups in total. The van der Waals surface area contributed by atoms with Crippen LogP contribution in [0.5, 0.6) is 11.5 Å². The molecule has 0 radical (unpaired) electrons. The SMILES string of the molecule is CCC(C)[C@H](COc1ccc(N2C=NC/C=C(/c3ccc(Cl)cc3)SCC2O)cc1OC)OC(O)CCCC(=O)O. The van der Waals surface area contributed by atoms with Crippen LogP contribution in [0.3, 0.4) is 0 Å². The number of carboxylic acid groups (broad SMARTS) is 1. The number of hydrogen-bond acceptors (Lipinski definition) is 9. The quantitative estimate of drug-likeness (QED) is 0.233. The fourth-order valence-electron chi connectivity index (χ4n) is 4.11. The van der Waals surface area contributed by atoms with Crippen LogP contribution in [0, 0.1) is 5.92 Å². The van der Waals surface area contributed by atoms with Gasteiger partial charge in [-0.1, -0.05) is 44.0 Å². The van der Waals surface area contributed by atoms with Crippen molar-refractivity contribution in [1.29, 1.82) is 0 Å². The van der Waals surface area contributed by atoms with Crippen LogP contribution < -0.4 is 14.4 Å². The van der Waals surface area contributed by atoms with Crippen molar-refractivity contribution < 1.29 is 34.3 Å². The predicted octanol–water partition coefficient (Wildman–Crippen LogP) is 5.67. The van der Waals surface area contributed by atoms with Crippen molar-refractivity contribution >= 4 is 46.3 Å². The first-order chi connectivity index (χ1) is 19.7. The van der Waals surface area contributed by atoms with Gasteiger partial charge in [-0.2, -0.15) is 0 Å². The molecule has 224 valence electrons. The second kappa shape index (κ2) is 16.6. The summed E-state index contributed by atoms with van der Waals surface area (Å²) in [5.41, 5.74) is 1.70. The number of carboxylic acids is 1. The Morgan fingerprint density at radius 2 is 1.98 bits per heavy atom. The molecule has 0 fully saturated rings. The number of anilines is 1. The highest BCUT2D eigenvalue weighted by Gasteiger charge is 2.23. The van der Waals surface area contributed by atoms with Crippen LogP contribution >= 0.6 is 23.4 Å². The van der Waals surface area contributed by atoms with Gasteiger partial charge in [0, 0.05) is 33.9 Å². The second-order valence-corrected chi connectivity index (χ2v) is 11.2. The Labute approximate surface area is 250 Å². The molecule has 41 heavy (non-hydrogen) atoms. The maximum atomic E-state index is 11.1. The number of thioether (sulfide) groups is 1. The molecule has 0 bridgehead atoms. The Balaban J connectivity index is 1.67. The largest absolute Gasteiger partial charge is 0.493 e. The Morgan fingerprint density at radius 3 is 2.66 bits per heavy atom. The van der Waals surface area contributed by atoms with E-state index in [2.05, 4.69) is 4.99 Å². The number of aliphatic hydroxyl groups is 2. The minimum atomic E-state index is -1.08. The van der Waals surface area contributed by atoms with Crippen molar-refractivity contribution in [1.82, 2.24) is 0 Å². The van der Waals surface area contributed by atoms with Crippen LogP contribution in [0.15, 0.2) is 53.5 Å². The Kier molecular flexibility index (Phi) is 13.3. The topological polar surface area (TPSA) is 121 Å². The molecule has 0 aliphatic carbocycles. The molecule has 1 aliphatic heterocycles. The summed E-state index contributed by atoms with van der Waals surface area (Å²) >= 11 is 7.58. The number of benzene rings is 2. The van der Waals surface area contributed by atoms with Gasteiger partial charge in [-0.05, 0) is 54.7 Å². The van der Waals surface area contributed by atoms with Crippen LogP contribution in [-0.4, -0.2) is 72.3 Å². The van der Waals surface area contributed by atoms with Gasteiger partial charge in [0.05, 0.1) is 26.1 Å². The lowest BCUT2D eigenvalue weighted by Crippen LogP contribution is -2.36. The molecule has 2 aromatic carbocycles.